The van der Waals surface area contributed by atoms with E-state index in [4.69, 9.17) is 0 Å². The minimum atomic E-state index is -2.72. The van der Waals surface area contributed by atoms with Gasteiger partial charge in [-0.3, -0.25) is 4.90 Å². The maximum Gasteiger partial charge on any atom is 0.152 e. The van der Waals surface area contributed by atoms with Crippen LogP contribution in [0.2, 0.25) is 0 Å². The lowest BCUT2D eigenvalue weighted by atomic mass is 10.3. The van der Waals surface area contributed by atoms with E-state index in [0.717, 1.165) is 39.3 Å². The highest BCUT2D eigenvalue weighted by Gasteiger charge is 2.21. The van der Waals surface area contributed by atoms with E-state index in [1.807, 2.05) is 0 Å². The van der Waals surface area contributed by atoms with E-state index in [9.17, 15) is 8.42 Å². The molecule has 2 fully saturated rings. The largest absolute Gasteiger partial charge is 0.314 e. The van der Waals surface area contributed by atoms with Gasteiger partial charge in [-0.1, -0.05) is 0 Å². The second-order valence-electron chi connectivity index (χ2n) is 4.59. The van der Waals surface area contributed by atoms with Crippen LogP contribution in [0.15, 0.2) is 0 Å². The number of hydrogen-bond donors (Lipinski definition) is 1. The molecule has 2 aliphatic rings. The van der Waals surface area contributed by atoms with Crippen molar-refractivity contribution in [2.75, 3.05) is 63.9 Å². The van der Waals surface area contributed by atoms with Crippen molar-refractivity contribution < 1.29 is 8.42 Å². The van der Waals surface area contributed by atoms with E-state index in [-0.39, 0.29) is 0 Å². The zero-order chi connectivity index (χ0) is 11.4. The minimum absolute atomic E-state index is 0.342. The number of nitrogens with zero attached hydrogens (tertiary/aromatic N) is 2. The molecule has 0 spiro atoms. The highest BCUT2D eigenvalue weighted by Crippen LogP contribution is 2.03. The Labute approximate surface area is 97.7 Å². The first-order chi connectivity index (χ1) is 7.66. The Bertz CT molecular complexity index is 298. The monoisotopic (exact) mass is 247 g/mol. The molecule has 6 heteroatoms. The molecule has 0 aromatic heterocycles. The third-order valence-corrected chi connectivity index (χ3v) is 4.99. The van der Waals surface area contributed by atoms with Crippen molar-refractivity contribution in [2.45, 2.75) is 0 Å². The third kappa shape index (κ3) is 3.69. The summed E-state index contributed by atoms with van der Waals surface area (Å²) >= 11 is 0. The van der Waals surface area contributed by atoms with Crippen LogP contribution in [0.1, 0.15) is 0 Å². The molecule has 94 valence electrons. The van der Waals surface area contributed by atoms with Gasteiger partial charge in [0, 0.05) is 52.4 Å². The van der Waals surface area contributed by atoms with Crippen LogP contribution >= 0.6 is 0 Å². The van der Waals surface area contributed by atoms with Gasteiger partial charge in [0.25, 0.3) is 0 Å². The van der Waals surface area contributed by atoms with Gasteiger partial charge in [0.05, 0.1) is 11.5 Å². The summed E-state index contributed by atoms with van der Waals surface area (Å²) in [7, 11) is -2.72. The number of nitrogens with one attached hydrogen (secondary N) is 1. The summed E-state index contributed by atoms with van der Waals surface area (Å²) in [5.41, 5.74) is 0. The first-order valence-corrected chi connectivity index (χ1v) is 7.84. The second kappa shape index (κ2) is 5.44. The van der Waals surface area contributed by atoms with Crippen LogP contribution < -0.4 is 5.32 Å². The van der Waals surface area contributed by atoms with Gasteiger partial charge in [-0.2, -0.15) is 0 Å². The third-order valence-electron chi connectivity index (χ3n) is 3.38. The number of hydrogen-bond acceptors (Lipinski definition) is 5. The fraction of sp³-hybridized carbons (Fsp3) is 1.00. The molecule has 5 nitrogen and oxygen atoms in total. The summed E-state index contributed by atoms with van der Waals surface area (Å²) < 4.78 is 22.5. The van der Waals surface area contributed by atoms with Gasteiger partial charge in [-0.15, -0.1) is 0 Å². The Balaban J connectivity index is 1.67. The highest BCUT2D eigenvalue weighted by molar-refractivity contribution is 7.91. The van der Waals surface area contributed by atoms with Gasteiger partial charge >= 0.3 is 0 Å². The van der Waals surface area contributed by atoms with E-state index in [1.165, 1.54) is 0 Å². The fourth-order valence-electron chi connectivity index (χ4n) is 2.19. The van der Waals surface area contributed by atoms with Gasteiger partial charge in [-0.05, 0) is 0 Å². The van der Waals surface area contributed by atoms with E-state index in [2.05, 4.69) is 15.1 Å². The standard InChI is InChI=1S/C10H21N3O2S/c14-16(15)9-7-13(8-10-16)6-5-12-3-1-11-2-4-12/h11H,1-10H2. The predicted octanol–water partition coefficient (Wildman–Crippen LogP) is -1.38. The van der Waals surface area contributed by atoms with Crippen LogP contribution in [0.4, 0.5) is 0 Å². The summed E-state index contributed by atoms with van der Waals surface area (Å²) in [6.45, 7) is 7.90. The molecule has 1 N–H and O–H groups in total. The molecular formula is C10H21N3O2S. The molecule has 0 radical (unpaired) electrons. The Morgan fingerprint density at radius 3 is 1.94 bits per heavy atom. The average molecular weight is 247 g/mol. The van der Waals surface area contributed by atoms with E-state index in [1.54, 1.807) is 0 Å². The van der Waals surface area contributed by atoms with Crippen molar-refractivity contribution in [1.82, 2.24) is 15.1 Å². The van der Waals surface area contributed by atoms with Gasteiger partial charge in [-0.25, -0.2) is 8.42 Å². The lowest BCUT2D eigenvalue weighted by Crippen LogP contribution is -2.48. The van der Waals surface area contributed by atoms with Crippen LogP contribution in [-0.4, -0.2) is 82.1 Å². The lowest BCUT2D eigenvalue weighted by molar-refractivity contribution is 0.195. The van der Waals surface area contributed by atoms with Crippen LogP contribution in [-0.2, 0) is 9.84 Å². The Kier molecular flexibility index (Phi) is 4.18. The van der Waals surface area contributed by atoms with Gasteiger partial charge in [0.15, 0.2) is 9.84 Å². The van der Waals surface area contributed by atoms with E-state index < -0.39 is 9.84 Å². The molecule has 0 aromatic carbocycles. The first-order valence-electron chi connectivity index (χ1n) is 6.02. The fourth-order valence-corrected chi connectivity index (χ4v) is 3.47. The molecule has 0 aliphatic carbocycles. The maximum atomic E-state index is 11.3. The van der Waals surface area contributed by atoms with Crippen LogP contribution in [0.3, 0.4) is 0 Å². The molecule has 2 rings (SSSR count). The minimum Gasteiger partial charge on any atom is -0.314 e. The normalized spacial score (nSPS) is 28.0. The molecule has 0 saturated carbocycles. The van der Waals surface area contributed by atoms with Crippen molar-refractivity contribution >= 4 is 9.84 Å². The van der Waals surface area contributed by atoms with Crippen LogP contribution in [0.5, 0.6) is 0 Å². The van der Waals surface area contributed by atoms with Crippen molar-refractivity contribution in [3.05, 3.63) is 0 Å². The van der Waals surface area contributed by atoms with Crippen LogP contribution in [0, 0.1) is 0 Å². The molecule has 2 saturated heterocycles. The highest BCUT2D eigenvalue weighted by atomic mass is 32.2. The number of sulfone groups is 1. The zero-order valence-corrected chi connectivity index (χ0v) is 10.5. The topological polar surface area (TPSA) is 52.7 Å². The Morgan fingerprint density at radius 1 is 0.875 bits per heavy atom. The van der Waals surface area contributed by atoms with Crippen LogP contribution in [0.25, 0.3) is 0 Å². The van der Waals surface area contributed by atoms with Crippen molar-refractivity contribution in [3.8, 4) is 0 Å². The maximum absolute atomic E-state index is 11.3. The van der Waals surface area contributed by atoms with Crippen molar-refractivity contribution in [1.29, 1.82) is 0 Å². The molecule has 0 amide bonds. The Morgan fingerprint density at radius 2 is 1.38 bits per heavy atom. The summed E-state index contributed by atoms with van der Waals surface area (Å²) in [6, 6.07) is 0. The molecule has 0 atom stereocenters. The van der Waals surface area contributed by atoms with Crippen molar-refractivity contribution in [2.24, 2.45) is 0 Å². The summed E-state index contributed by atoms with van der Waals surface area (Å²) in [5, 5.41) is 3.33. The quantitative estimate of drug-likeness (QED) is 0.666. The first kappa shape index (κ1) is 12.3. The smallest absolute Gasteiger partial charge is 0.152 e. The molecular weight excluding hydrogens is 226 g/mol. The van der Waals surface area contributed by atoms with Crippen molar-refractivity contribution in [3.63, 3.8) is 0 Å². The second-order valence-corrected chi connectivity index (χ2v) is 6.89. The number of rotatable bonds is 3. The summed E-state index contributed by atoms with van der Waals surface area (Å²) in [5.74, 6) is 0.684. The number of piperazine rings is 1. The lowest BCUT2D eigenvalue weighted by Gasteiger charge is -2.31. The van der Waals surface area contributed by atoms with Gasteiger partial charge in [0.1, 0.15) is 0 Å². The van der Waals surface area contributed by atoms with Gasteiger partial charge in [0.2, 0.25) is 0 Å². The molecule has 0 aromatic rings. The summed E-state index contributed by atoms with van der Waals surface area (Å²) in [6.07, 6.45) is 0. The molecule has 0 bridgehead atoms. The Hall–Kier alpha value is -0.170. The molecule has 2 aliphatic heterocycles. The predicted molar refractivity (Wildman–Crippen MR) is 64.4 cm³/mol. The van der Waals surface area contributed by atoms with E-state index in [0.29, 0.717) is 24.6 Å². The zero-order valence-electron chi connectivity index (χ0n) is 9.69. The molecule has 0 unspecified atom stereocenters. The van der Waals surface area contributed by atoms with Gasteiger partial charge < -0.3 is 10.2 Å². The summed E-state index contributed by atoms with van der Waals surface area (Å²) in [4.78, 5) is 4.71. The molecule has 16 heavy (non-hydrogen) atoms. The average Bonchev–Trinajstić information content (AvgIpc) is 2.29. The SMILES string of the molecule is O=S1(=O)CCN(CCN2CCNCC2)CC1. The van der Waals surface area contributed by atoms with E-state index >= 15 is 0 Å². The molecule has 2 heterocycles.